The lowest BCUT2D eigenvalue weighted by atomic mass is 9.84. The molecule has 0 fully saturated rings. The van der Waals surface area contributed by atoms with Crippen molar-refractivity contribution in [3.05, 3.63) is 91.2 Å². The number of hydrogen-bond acceptors (Lipinski definition) is 5. The predicted octanol–water partition coefficient (Wildman–Crippen LogP) is 5.81. The van der Waals surface area contributed by atoms with Gasteiger partial charge in [-0.15, -0.1) is 0 Å². The Labute approximate surface area is 213 Å². The first-order valence-corrected chi connectivity index (χ1v) is 11.1. The van der Waals surface area contributed by atoms with Gasteiger partial charge in [0.25, 0.3) is 11.6 Å². The van der Waals surface area contributed by atoms with Gasteiger partial charge >= 0.3 is 6.18 Å². The first-order valence-electron chi connectivity index (χ1n) is 10.3. The van der Waals surface area contributed by atoms with Crippen LogP contribution >= 0.6 is 23.2 Å². The first-order chi connectivity index (χ1) is 16.9. The Bertz CT molecular complexity index is 1300. The second-order valence-electron chi connectivity index (χ2n) is 7.97. The van der Waals surface area contributed by atoms with Crippen LogP contribution < -0.4 is 5.32 Å². The van der Waals surface area contributed by atoms with E-state index in [0.29, 0.717) is 15.7 Å². The number of aldehydes is 1. The topological polar surface area (TPSA) is 108 Å². The van der Waals surface area contributed by atoms with Gasteiger partial charge in [-0.05, 0) is 48.0 Å². The zero-order valence-electron chi connectivity index (χ0n) is 18.6. The third kappa shape index (κ3) is 6.84. The first kappa shape index (κ1) is 27.2. The summed E-state index contributed by atoms with van der Waals surface area (Å²) in [6.45, 7) is 1.52. The number of aromatic amines is 1. The van der Waals surface area contributed by atoms with Gasteiger partial charge in [0.15, 0.2) is 0 Å². The van der Waals surface area contributed by atoms with Crippen LogP contribution in [0.1, 0.15) is 33.1 Å². The Hall–Kier alpha value is -3.41. The number of fused-ring (bicyclic) bond motifs is 1. The smallest absolute Gasteiger partial charge is 0.351 e. The zero-order chi connectivity index (χ0) is 26.6. The Morgan fingerprint density at radius 1 is 1.25 bits per heavy atom. The van der Waals surface area contributed by atoms with E-state index in [1.165, 1.54) is 12.3 Å². The molecule has 2 aromatic carbocycles. The van der Waals surface area contributed by atoms with Gasteiger partial charge in [0.2, 0.25) is 6.29 Å². The highest BCUT2D eigenvalue weighted by atomic mass is 35.5. The van der Waals surface area contributed by atoms with Crippen LogP contribution in [0, 0.1) is 10.1 Å². The molecule has 190 valence electrons. The monoisotopic (exact) mass is 542 g/mol. The largest absolute Gasteiger partial charge is 0.446 e. The number of aromatic nitrogens is 1. The van der Waals surface area contributed by atoms with Crippen molar-refractivity contribution in [3.63, 3.8) is 0 Å². The third-order valence-corrected chi connectivity index (χ3v) is 5.85. The lowest BCUT2D eigenvalue weighted by Gasteiger charge is -2.33. The standard InChI is InChI=1S/C21H18Cl2N4O3.C2HF3O/c1-26-10-17(16-6-13(22)7-19(23)18(16)11-26)12-3-2-4-14(5-12)25-21(28)20-8-15(9-24-20)27(29)30;3-2(4,5)1-6/h2-9,17,24H,10-11H2,1H3,(H,25,28);1H. The van der Waals surface area contributed by atoms with Crippen molar-refractivity contribution in [2.45, 2.75) is 18.6 Å². The fourth-order valence-electron chi connectivity index (χ4n) is 3.78. The summed E-state index contributed by atoms with van der Waals surface area (Å²) in [4.78, 5) is 36.3. The maximum Gasteiger partial charge on any atom is 0.446 e. The number of alkyl halides is 3. The predicted molar refractivity (Wildman–Crippen MR) is 129 cm³/mol. The number of anilines is 1. The number of halogens is 5. The second kappa shape index (κ2) is 11.1. The van der Waals surface area contributed by atoms with Crippen LogP contribution in [0.4, 0.5) is 24.5 Å². The molecule has 0 saturated carbocycles. The van der Waals surface area contributed by atoms with Crippen LogP contribution in [0.3, 0.4) is 0 Å². The number of H-pyrrole nitrogens is 1. The highest BCUT2D eigenvalue weighted by molar-refractivity contribution is 6.35. The molecule has 2 N–H and O–H groups in total. The summed E-state index contributed by atoms with van der Waals surface area (Å²) in [5.41, 5.74) is 3.69. The molecule has 1 atom stereocenters. The molecule has 0 saturated heterocycles. The van der Waals surface area contributed by atoms with Crippen LogP contribution in [-0.2, 0) is 11.3 Å². The molecule has 0 aliphatic carbocycles. The van der Waals surface area contributed by atoms with Crippen molar-refractivity contribution in [1.29, 1.82) is 0 Å². The molecule has 36 heavy (non-hydrogen) atoms. The van der Waals surface area contributed by atoms with Crippen LogP contribution in [0.2, 0.25) is 10.0 Å². The van der Waals surface area contributed by atoms with Gasteiger partial charge in [-0.3, -0.25) is 19.7 Å². The van der Waals surface area contributed by atoms with E-state index in [1.807, 2.05) is 31.3 Å². The van der Waals surface area contributed by atoms with Gasteiger partial charge in [0.05, 0.1) is 11.1 Å². The number of benzene rings is 2. The SMILES string of the molecule is CN1Cc2c(Cl)cc(Cl)cc2C(c2cccc(NC(=O)c3cc([N+](=O)[O-])c[nH]3)c2)C1.O=CC(F)(F)F. The van der Waals surface area contributed by atoms with Crippen molar-refractivity contribution in [2.75, 3.05) is 18.9 Å². The van der Waals surface area contributed by atoms with Crippen LogP contribution in [0.15, 0.2) is 48.7 Å². The average Bonchev–Trinajstić information content (AvgIpc) is 3.30. The van der Waals surface area contributed by atoms with Crippen molar-refractivity contribution in [3.8, 4) is 0 Å². The van der Waals surface area contributed by atoms with E-state index in [-0.39, 0.29) is 17.3 Å². The van der Waals surface area contributed by atoms with Crippen molar-refractivity contribution in [2.24, 2.45) is 0 Å². The quantitative estimate of drug-likeness (QED) is 0.246. The average molecular weight is 543 g/mol. The van der Waals surface area contributed by atoms with E-state index in [2.05, 4.69) is 15.2 Å². The molecular weight excluding hydrogens is 524 g/mol. The molecule has 2 heterocycles. The number of nitrogens with one attached hydrogen (secondary N) is 2. The number of nitrogens with zero attached hydrogens (tertiary/aromatic N) is 2. The van der Waals surface area contributed by atoms with Gasteiger partial charge in [-0.25, -0.2) is 0 Å². The maximum absolute atomic E-state index is 12.5. The number of nitro groups is 1. The minimum atomic E-state index is -4.64. The summed E-state index contributed by atoms with van der Waals surface area (Å²) in [6.07, 6.45) is -4.51. The van der Waals surface area contributed by atoms with Gasteiger partial charge < -0.3 is 15.2 Å². The molecule has 0 radical (unpaired) electrons. The van der Waals surface area contributed by atoms with Crippen LogP contribution in [0.5, 0.6) is 0 Å². The molecule has 13 heteroatoms. The van der Waals surface area contributed by atoms with E-state index in [4.69, 9.17) is 28.0 Å². The number of rotatable bonds is 4. The fourth-order valence-corrected chi connectivity index (χ4v) is 4.35. The number of hydrogen-bond donors (Lipinski definition) is 2. The van der Waals surface area contributed by atoms with E-state index in [0.717, 1.165) is 29.8 Å². The summed E-state index contributed by atoms with van der Waals surface area (Å²) < 4.78 is 31.2. The Morgan fingerprint density at radius 2 is 1.94 bits per heavy atom. The highest BCUT2D eigenvalue weighted by Crippen LogP contribution is 2.38. The lowest BCUT2D eigenvalue weighted by molar-refractivity contribution is -0.384. The molecule has 3 aromatic rings. The molecule has 1 unspecified atom stereocenters. The third-order valence-electron chi connectivity index (χ3n) is 5.30. The molecule has 1 aliphatic heterocycles. The molecule has 4 rings (SSSR count). The summed E-state index contributed by atoms with van der Waals surface area (Å²) in [7, 11) is 2.03. The number of likely N-dealkylation sites (N-methyl/N-ethyl adjacent to an activating group) is 1. The van der Waals surface area contributed by atoms with Crippen LogP contribution in [0.25, 0.3) is 0 Å². The van der Waals surface area contributed by atoms with Crippen molar-refractivity contribution >= 4 is 46.8 Å². The molecule has 1 amide bonds. The normalized spacial score (nSPS) is 15.3. The summed E-state index contributed by atoms with van der Waals surface area (Å²) in [5.74, 6) is -0.411. The fraction of sp³-hybridized carbons (Fsp3) is 0.217. The Morgan fingerprint density at radius 3 is 2.56 bits per heavy atom. The number of carbonyl (C=O) groups is 2. The van der Waals surface area contributed by atoms with E-state index in [1.54, 1.807) is 12.1 Å². The van der Waals surface area contributed by atoms with Gasteiger partial charge in [-0.2, -0.15) is 13.2 Å². The van der Waals surface area contributed by atoms with E-state index in [9.17, 15) is 28.1 Å². The van der Waals surface area contributed by atoms with E-state index >= 15 is 0 Å². The summed E-state index contributed by atoms with van der Waals surface area (Å²) in [6, 6.07) is 12.4. The minimum Gasteiger partial charge on any atom is -0.351 e. The Balaban J connectivity index is 0.000000538. The van der Waals surface area contributed by atoms with Gasteiger partial charge in [-0.1, -0.05) is 35.3 Å². The Kier molecular flexibility index (Phi) is 8.39. The molecule has 0 spiro atoms. The zero-order valence-corrected chi connectivity index (χ0v) is 20.1. The highest BCUT2D eigenvalue weighted by Gasteiger charge is 2.27. The van der Waals surface area contributed by atoms with Gasteiger partial charge in [0, 0.05) is 40.8 Å². The molecule has 0 bridgehead atoms. The molecule has 1 aromatic heterocycles. The maximum atomic E-state index is 12.5. The van der Waals surface area contributed by atoms with E-state index < -0.39 is 23.3 Å². The van der Waals surface area contributed by atoms with Crippen molar-refractivity contribution in [1.82, 2.24) is 9.88 Å². The molecular formula is C23H19Cl2F3N4O4. The number of carbonyl (C=O) groups excluding carboxylic acids is 2. The number of amides is 1. The molecule has 8 nitrogen and oxygen atoms in total. The summed E-state index contributed by atoms with van der Waals surface area (Å²) >= 11 is 12.7. The second-order valence-corrected chi connectivity index (χ2v) is 8.82. The van der Waals surface area contributed by atoms with Crippen molar-refractivity contribution < 1.29 is 27.7 Å². The lowest BCUT2D eigenvalue weighted by Crippen LogP contribution is -2.31. The van der Waals surface area contributed by atoms with Gasteiger partial charge in [0.1, 0.15) is 5.69 Å². The molecule has 1 aliphatic rings. The van der Waals surface area contributed by atoms with Crippen LogP contribution in [-0.4, -0.2) is 46.8 Å². The summed E-state index contributed by atoms with van der Waals surface area (Å²) in [5, 5.41) is 14.8. The minimum absolute atomic E-state index is 0.0402.